The normalized spacial score (nSPS) is 10.8. The number of unbranched alkanes of at least 4 members (excludes halogenated alkanes) is 3. The van der Waals surface area contributed by atoms with Gasteiger partial charge in [0.25, 0.3) is 0 Å². The minimum absolute atomic E-state index is 1.04. The average molecular weight is 209 g/mol. The van der Waals surface area contributed by atoms with Crippen molar-refractivity contribution in [1.82, 2.24) is 15.1 Å². The fourth-order valence-electron chi connectivity index (χ4n) is 1.61. The van der Waals surface area contributed by atoms with Crippen LogP contribution in [0.15, 0.2) is 12.3 Å². The van der Waals surface area contributed by atoms with Gasteiger partial charge in [0.05, 0.1) is 5.69 Å². The van der Waals surface area contributed by atoms with E-state index in [-0.39, 0.29) is 0 Å². The number of aryl methyl sites for hydroxylation is 1. The average Bonchev–Trinajstić information content (AvgIpc) is 2.63. The van der Waals surface area contributed by atoms with Crippen LogP contribution in [0.1, 0.15) is 38.3 Å². The maximum Gasteiger partial charge on any atom is 0.0637 e. The van der Waals surface area contributed by atoms with Gasteiger partial charge < -0.3 is 5.32 Å². The molecule has 0 aliphatic rings. The first-order valence-electron chi connectivity index (χ1n) is 6.02. The van der Waals surface area contributed by atoms with Crippen LogP contribution in [-0.2, 0) is 13.5 Å². The van der Waals surface area contributed by atoms with Gasteiger partial charge in [0.15, 0.2) is 0 Å². The van der Waals surface area contributed by atoms with Crippen LogP contribution in [0.25, 0.3) is 0 Å². The van der Waals surface area contributed by atoms with Crippen molar-refractivity contribution < 1.29 is 0 Å². The molecule has 0 radical (unpaired) electrons. The molecule has 1 aromatic heterocycles. The molecule has 0 saturated heterocycles. The summed E-state index contributed by atoms with van der Waals surface area (Å²) in [5.74, 6) is 0. The molecule has 86 valence electrons. The Morgan fingerprint density at radius 2 is 2.13 bits per heavy atom. The van der Waals surface area contributed by atoms with Crippen LogP contribution in [0, 0.1) is 0 Å². The summed E-state index contributed by atoms with van der Waals surface area (Å²) < 4.78 is 1.86. The number of nitrogens with one attached hydrogen (secondary N) is 1. The van der Waals surface area contributed by atoms with Gasteiger partial charge in [-0.05, 0) is 19.0 Å². The molecule has 0 atom stereocenters. The van der Waals surface area contributed by atoms with Gasteiger partial charge in [0.2, 0.25) is 0 Å². The smallest absolute Gasteiger partial charge is 0.0637 e. The highest BCUT2D eigenvalue weighted by Crippen LogP contribution is 1.97. The number of hydrogen-bond acceptors (Lipinski definition) is 2. The molecule has 0 aliphatic carbocycles. The molecule has 0 saturated carbocycles. The molecule has 0 unspecified atom stereocenters. The van der Waals surface area contributed by atoms with Crippen molar-refractivity contribution in [3.8, 4) is 0 Å². The highest BCUT2D eigenvalue weighted by atomic mass is 15.2. The molecular weight excluding hydrogens is 186 g/mol. The number of aromatic nitrogens is 2. The molecule has 0 aliphatic heterocycles. The molecule has 0 fully saturated rings. The minimum atomic E-state index is 1.04. The number of nitrogens with zero attached hydrogens (tertiary/aromatic N) is 2. The molecular formula is C12H23N3. The zero-order chi connectivity index (χ0) is 10.9. The van der Waals surface area contributed by atoms with E-state index in [1.165, 1.54) is 31.4 Å². The Hall–Kier alpha value is -0.830. The third-order valence-electron chi connectivity index (χ3n) is 2.53. The van der Waals surface area contributed by atoms with Gasteiger partial charge in [-0.15, -0.1) is 0 Å². The Morgan fingerprint density at radius 3 is 2.80 bits per heavy atom. The number of hydrogen-bond donors (Lipinski definition) is 1. The molecule has 3 heteroatoms. The summed E-state index contributed by atoms with van der Waals surface area (Å²) in [6, 6.07) is 2.08. The predicted octanol–water partition coefficient (Wildman–Crippen LogP) is 2.13. The van der Waals surface area contributed by atoms with E-state index in [0.717, 1.165) is 19.5 Å². The first-order chi connectivity index (χ1) is 7.33. The summed E-state index contributed by atoms with van der Waals surface area (Å²) in [5.41, 5.74) is 1.18. The Kier molecular flexibility index (Phi) is 6.09. The van der Waals surface area contributed by atoms with Crippen LogP contribution in [0.4, 0.5) is 0 Å². The van der Waals surface area contributed by atoms with Crippen molar-refractivity contribution in [1.29, 1.82) is 0 Å². The van der Waals surface area contributed by atoms with E-state index in [2.05, 4.69) is 23.4 Å². The van der Waals surface area contributed by atoms with Gasteiger partial charge in [-0.3, -0.25) is 4.68 Å². The Morgan fingerprint density at radius 1 is 1.27 bits per heavy atom. The fourth-order valence-corrected chi connectivity index (χ4v) is 1.61. The summed E-state index contributed by atoms with van der Waals surface area (Å²) in [5, 5.41) is 7.79. The Bertz CT molecular complexity index is 255. The zero-order valence-electron chi connectivity index (χ0n) is 10.00. The van der Waals surface area contributed by atoms with Crippen molar-refractivity contribution in [2.75, 3.05) is 13.1 Å². The molecule has 0 spiro atoms. The second kappa shape index (κ2) is 7.46. The van der Waals surface area contributed by atoms with Gasteiger partial charge >= 0.3 is 0 Å². The van der Waals surface area contributed by atoms with E-state index < -0.39 is 0 Å². The lowest BCUT2D eigenvalue weighted by Gasteiger charge is -2.02. The van der Waals surface area contributed by atoms with Crippen molar-refractivity contribution in [2.24, 2.45) is 7.05 Å². The van der Waals surface area contributed by atoms with E-state index in [1.807, 2.05) is 17.9 Å². The van der Waals surface area contributed by atoms with Crippen LogP contribution >= 0.6 is 0 Å². The van der Waals surface area contributed by atoms with Crippen LogP contribution in [-0.4, -0.2) is 22.9 Å². The fraction of sp³-hybridized carbons (Fsp3) is 0.750. The number of rotatable bonds is 8. The van der Waals surface area contributed by atoms with Crippen molar-refractivity contribution >= 4 is 0 Å². The monoisotopic (exact) mass is 209 g/mol. The lowest BCUT2D eigenvalue weighted by atomic mass is 10.2. The molecule has 0 bridgehead atoms. The quantitative estimate of drug-likeness (QED) is 0.665. The van der Waals surface area contributed by atoms with Crippen LogP contribution in [0.5, 0.6) is 0 Å². The van der Waals surface area contributed by atoms with Crippen molar-refractivity contribution in [3.05, 3.63) is 18.0 Å². The molecule has 1 rings (SSSR count). The van der Waals surface area contributed by atoms with Gasteiger partial charge in [-0.2, -0.15) is 5.10 Å². The van der Waals surface area contributed by atoms with Crippen molar-refractivity contribution in [2.45, 2.75) is 39.0 Å². The largest absolute Gasteiger partial charge is 0.316 e. The molecule has 15 heavy (non-hydrogen) atoms. The second-order valence-corrected chi connectivity index (χ2v) is 4.04. The third kappa shape index (κ3) is 5.57. The summed E-state index contributed by atoms with van der Waals surface area (Å²) in [6.45, 7) is 4.43. The van der Waals surface area contributed by atoms with E-state index in [0.29, 0.717) is 0 Å². The van der Waals surface area contributed by atoms with Gasteiger partial charge in [-0.1, -0.05) is 26.2 Å². The molecule has 3 nitrogen and oxygen atoms in total. The lowest BCUT2D eigenvalue weighted by molar-refractivity contribution is 0.594. The predicted molar refractivity (Wildman–Crippen MR) is 63.9 cm³/mol. The molecule has 1 heterocycles. The maximum absolute atomic E-state index is 4.33. The summed E-state index contributed by atoms with van der Waals surface area (Å²) in [4.78, 5) is 0. The van der Waals surface area contributed by atoms with E-state index in [4.69, 9.17) is 0 Å². The molecule has 1 aromatic rings. The zero-order valence-corrected chi connectivity index (χ0v) is 10.00. The van der Waals surface area contributed by atoms with Crippen LogP contribution in [0.2, 0.25) is 0 Å². The van der Waals surface area contributed by atoms with Crippen LogP contribution < -0.4 is 5.32 Å². The summed E-state index contributed by atoms with van der Waals surface area (Å²) >= 11 is 0. The van der Waals surface area contributed by atoms with Crippen molar-refractivity contribution in [3.63, 3.8) is 0 Å². The van der Waals surface area contributed by atoms with Gasteiger partial charge in [0.1, 0.15) is 0 Å². The first kappa shape index (κ1) is 12.2. The minimum Gasteiger partial charge on any atom is -0.316 e. The Balaban J connectivity index is 1.93. The van der Waals surface area contributed by atoms with E-state index in [9.17, 15) is 0 Å². The second-order valence-electron chi connectivity index (χ2n) is 4.04. The SMILES string of the molecule is CCCCCCNCCc1ccn(C)n1. The van der Waals surface area contributed by atoms with E-state index >= 15 is 0 Å². The molecule has 1 N–H and O–H groups in total. The van der Waals surface area contributed by atoms with Gasteiger partial charge in [-0.25, -0.2) is 0 Å². The summed E-state index contributed by atoms with van der Waals surface area (Å²) in [7, 11) is 1.96. The Labute approximate surface area is 92.9 Å². The first-order valence-corrected chi connectivity index (χ1v) is 6.02. The molecule has 0 amide bonds. The highest BCUT2D eigenvalue weighted by molar-refractivity contribution is 4.98. The standard InChI is InChI=1S/C12H23N3/c1-3-4-5-6-9-13-10-7-12-8-11-15(2)14-12/h8,11,13H,3-7,9-10H2,1-2H3. The third-order valence-corrected chi connectivity index (χ3v) is 2.53. The highest BCUT2D eigenvalue weighted by Gasteiger charge is 1.95. The summed E-state index contributed by atoms with van der Waals surface area (Å²) in [6.07, 6.45) is 8.37. The molecule has 0 aromatic carbocycles. The maximum atomic E-state index is 4.33. The lowest BCUT2D eigenvalue weighted by Crippen LogP contribution is -2.18. The van der Waals surface area contributed by atoms with Gasteiger partial charge in [0, 0.05) is 26.2 Å². The van der Waals surface area contributed by atoms with Crippen LogP contribution in [0.3, 0.4) is 0 Å². The topological polar surface area (TPSA) is 29.9 Å². The van der Waals surface area contributed by atoms with E-state index in [1.54, 1.807) is 0 Å².